The van der Waals surface area contributed by atoms with E-state index < -0.39 is 0 Å². The first-order chi connectivity index (χ1) is 8.65. The Morgan fingerprint density at radius 1 is 1.21 bits per heavy atom. The summed E-state index contributed by atoms with van der Waals surface area (Å²) < 4.78 is -0.118. The second-order valence-electron chi connectivity index (χ2n) is 6.06. The molecular weight excluding hydrogens is 250 g/mol. The number of thiol groups is 1. The minimum atomic E-state index is -0.118. The van der Waals surface area contributed by atoms with E-state index in [0.717, 1.165) is 24.1 Å². The van der Waals surface area contributed by atoms with Gasteiger partial charge in [0.15, 0.2) is 0 Å². The molecule has 0 spiro atoms. The van der Waals surface area contributed by atoms with Crippen LogP contribution in [0, 0.1) is 0 Å². The molecule has 0 aliphatic rings. The van der Waals surface area contributed by atoms with Crippen molar-refractivity contribution in [1.82, 2.24) is 5.32 Å². The van der Waals surface area contributed by atoms with Crippen molar-refractivity contribution in [2.24, 2.45) is 0 Å². The predicted molar refractivity (Wildman–Crippen MR) is 91.8 cm³/mol. The quantitative estimate of drug-likeness (QED) is 0.456. The van der Waals surface area contributed by atoms with E-state index >= 15 is 0 Å². The predicted octanol–water partition coefficient (Wildman–Crippen LogP) is 5.27. The molecule has 0 rings (SSSR count). The van der Waals surface area contributed by atoms with E-state index in [9.17, 15) is 0 Å². The average Bonchev–Trinajstić information content (AvgIpc) is 2.30. The van der Waals surface area contributed by atoms with Gasteiger partial charge < -0.3 is 5.32 Å². The molecule has 0 aliphatic carbocycles. The van der Waals surface area contributed by atoms with Gasteiger partial charge in [0.2, 0.25) is 0 Å². The molecule has 0 saturated carbocycles. The SMILES string of the molecule is C=C(CC)/C(=C\C=C/CCC)NC(C)(C)C(C)(C)S. The van der Waals surface area contributed by atoms with Gasteiger partial charge in [-0.25, -0.2) is 0 Å². The molecule has 2 heteroatoms. The Morgan fingerprint density at radius 3 is 2.21 bits per heavy atom. The Bertz CT molecular complexity index is 343. The molecule has 0 saturated heterocycles. The highest BCUT2D eigenvalue weighted by atomic mass is 32.1. The van der Waals surface area contributed by atoms with Crippen LogP contribution in [0.25, 0.3) is 0 Å². The molecule has 1 nitrogen and oxygen atoms in total. The third-order valence-corrected chi connectivity index (χ3v) is 4.20. The van der Waals surface area contributed by atoms with Crippen molar-refractivity contribution in [2.75, 3.05) is 0 Å². The molecule has 0 fully saturated rings. The normalized spacial score (nSPS) is 13.9. The lowest BCUT2D eigenvalue weighted by atomic mass is 9.88. The molecule has 0 radical (unpaired) electrons. The number of rotatable bonds is 8. The zero-order chi connectivity index (χ0) is 15.1. The number of unbranched alkanes of at least 4 members (excludes halogenated alkanes) is 1. The lowest BCUT2D eigenvalue weighted by Crippen LogP contribution is -2.52. The highest BCUT2D eigenvalue weighted by molar-refractivity contribution is 7.81. The second kappa shape index (κ2) is 7.84. The van der Waals surface area contributed by atoms with Crippen molar-refractivity contribution >= 4 is 12.6 Å². The summed E-state index contributed by atoms with van der Waals surface area (Å²) >= 11 is 4.69. The van der Waals surface area contributed by atoms with E-state index in [1.165, 1.54) is 6.42 Å². The number of nitrogens with one attached hydrogen (secondary N) is 1. The first-order valence-electron chi connectivity index (χ1n) is 7.21. The van der Waals surface area contributed by atoms with Gasteiger partial charge >= 0.3 is 0 Å². The summed E-state index contributed by atoms with van der Waals surface area (Å²) in [5.74, 6) is 0. The lowest BCUT2D eigenvalue weighted by Gasteiger charge is -2.40. The maximum absolute atomic E-state index is 4.69. The first-order valence-corrected chi connectivity index (χ1v) is 7.66. The Kier molecular flexibility index (Phi) is 7.58. The molecule has 0 aliphatic heterocycles. The van der Waals surface area contributed by atoms with Crippen LogP contribution in [0.3, 0.4) is 0 Å². The topological polar surface area (TPSA) is 12.0 Å². The van der Waals surface area contributed by atoms with Crippen molar-refractivity contribution in [3.63, 3.8) is 0 Å². The van der Waals surface area contributed by atoms with Gasteiger partial charge in [0.1, 0.15) is 0 Å². The third-order valence-electron chi connectivity index (χ3n) is 3.64. The Morgan fingerprint density at radius 2 is 1.79 bits per heavy atom. The van der Waals surface area contributed by atoms with Crippen LogP contribution in [-0.2, 0) is 0 Å². The molecule has 0 aromatic heterocycles. The van der Waals surface area contributed by atoms with Gasteiger partial charge in [-0.05, 0) is 52.2 Å². The molecule has 0 bridgehead atoms. The van der Waals surface area contributed by atoms with Crippen LogP contribution in [0.15, 0.2) is 36.1 Å². The highest BCUT2D eigenvalue weighted by Crippen LogP contribution is 2.29. The standard InChI is InChI=1S/C17H31NS/c1-8-10-11-12-13-15(14(3)9-2)18-16(4,5)17(6,7)19/h11-13,18-19H,3,8-10H2,1-2,4-7H3/b12-11-,15-13+. The van der Waals surface area contributed by atoms with Crippen LogP contribution in [0.4, 0.5) is 0 Å². The van der Waals surface area contributed by atoms with Crippen molar-refractivity contribution in [1.29, 1.82) is 0 Å². The van der Waals surface area contributed by atoms with Crippen molar-refractivity contribution in [2.45, 2.75) is 71.1 Å². The fraction of sp³-hybridized carbons (Fsp3) is 0.647. The van der Waals surface area contributed by atoms with Gasteiger partial charge in [0.25, 0.3) is 0 Å². The van der Waals surface area contributed by atoms with Crippen LogP contribution in [0.5, 0.6) is 0 Å². The van der Waals surface area contributed by atoms with E-state index in [1.54, 1.807) is 0 Å². The van der Waals surface area contributed by atoms with E-state index in [2.05, 4.69) is 71.7 Å². The molecule has 0 amide bonds. The van der Waals surface area contributed by atoms with Crippen molar-refractivity contribution in [3.05, 3.63) is 36.1 Å². The Labute approximate surface area is 125 Å². The van der Waals surface area contributed by atoms with Crippen molar-refractivity contribution < 1.29 is 0 Å². The molecule has 0 heterocycles. The van der Waals surface area contributed by atoms with Crippen LogP contribution < -0.4 is 5.32 Å². The van der Waals surface area contributed by atoms with Crippen molar-refractivity contribution in [3.8, 4) is 0 Å². The molecule has 19 heavy (non-hydrogen) atoms. The van der Waals surface area contributed by atoms with Gasteiger partial charge in [-0.1, -0.05) is 39.0 Å². The zero-order valence-corrected chi connectivity index (χ0v) is 14.4. The lowest BCUT2D eigenvalue weighted by molar-refractivity contribution is 0.349. The van der Waals surface area contributed by atoms with E-state index in [4.69, 9.17) is 12.6 Å². The fourth-order valence-corrected chi connectivity index (χ4v) is 1.41. The molecule has 0 unspecified atom stereocenters. The summed E-state index contributed by atoms with van der Waals surface area (Å²) in [5, 5.41) is 3.59. The highest BCUT2D eigenvalue weighted by Gasteiger charge is 2.34. The average molecular weight is 282 g/mol. The van der Waals surface area contributed by atoms with E-state index in [0.29, 0.717) is 0 Å². The van der Waals surface area contributed by atoms with Gasteiger partial charge in [-0.3, -0.25) is 0 Å². The smallest absolute Gasteiger partial charge is 0.0456 e. The zero-order valence-electron chi connectivity index (χ0n) is 13.5. The molecule has 0 aromatic rings. The van der Waals surface area contributed by atoms with E-state index in [-0.39, 0.29) is 10.3 Å². The fourth-order valence-electron chi connectivity index (χ4n) is 1.36. The van der Waals surface area contributed by atoms with Gasteiger partial charge in [0, 0.05) is 16.0 Å². The molecule has 0 aromatic carbocycles. The largest absolute Gasteiger partial charge is 0.379 e. The molecule has 1 N–H and O–H groups in total. The summed E-state index contributed by atoms with van der Waals surface area (Å²) in [6.07, 6.45) is 9.69. The Balaban J connectivity index is 5.04. The summed E-state index contributed by atoms with van der Waals surface area (Å²) in [6.45, 7) is 17.1. The summed E-state index contributed by atoms with van der Waals surface area (Å²) in [4.78, 5) is 0. The van der Waals surface area contributed by atoms with Crippen LogP contribution >= 0.6 is 12.6 Å². The van der Waals surface area contributed by atoms with Gasteiger partial charge in [0.05, 0.1) is 0 Å². The van der Waals surface area contributed by atoms with Crippen LogP contribution in [-0.4, -0.2) is 10.3 Å². The minimum absolute atomic E-state index is 0.112. The summed E-state index contributed by atoms with van der Waals surface area (Å²) in [5.41, 5.74) is 2.13. The maximum atomic E-state index is 4.69. The van der Waals surface area contributed by atoms with E-state index in [1.807, 2.05) is 0 Å². The molecule has 0 atom stereocenters. The maximum Gasteiger partial charge on any atom is 0.0456 e. The number of hydrogen-bond acceptors (Lipinski definition) is 2. The summed E-state index contributed by atoms with van der Waals surface area (Å²) in [7, 11) is 0. The Hall–Kier alpha value is -0.630. The summed E-state index contributed by atoms with van der Waals surface area (Å²) in [6, 6.07) is 0. The third kappa shape index (κ3) is 6.38. The van der Waals surface area contributed by atoms with Gasteiger partial charge in [-0.2, -0.15) is 12.6 Å². The monoisotopic (exact) mass is 281 g/mol. The molecular formula is C17H31NS. The minimum Gasteiger partial charge on any atom is -0.379 e. The van der Waals surface area contributed by atoms with Crippen LogP contribution in [0.1, 0.15) is 60.8 Å². The molecule has 110 valence electrons. The second-order valence-corrected chi connectivity index (χ2v) is 7.18. The first kappa shape index (κ1) is 18.4. The van der Waals surface area contributed by atoms with Crippen LogP contribution in [0.2, 0.25) is 0 Å². The number of allylic oxidation sites excluding steroid dienone is 4. The number of hydrogen-bond donors (Lipinski definition) is 2. The van der Waals surface area contributed by atoms with Gasteiger partial charge in [-0.15, -0.1) is 0 Å².